The van der Waals surface area contributed by atoms with Gasteiger partial charge < -0.3 is 34.1 Å². The molecule has 5 atom stereocenters. The van der Waals surface area contributed by atoms with Crippen LogP contribution in [0.3, 0.4) is 0 Å². The fourth-order valence-electron chi connectivity index (χ4n) is 3.12. The summed E-state index contributed by atoms with van der Waals surface area (Å²) in [5, 5.41) is 13.5. The van der Waals surface area contributed by atoms with E-state index in [1.165, 1.54) is 6.92 Å². The predicted octanol–water partition coefficient (Wildman–Crippen LogP) is 0.816. The molecule has 3 rings (SSSR count). The molecule has 0 aliphatic carbocycles. The highest BCUT2D eigenvalue weighted by Crippen LogP contribution is 2.33. The van der Waals surface area contributed by atoms with Crippen molar-refractivity contribution in [3.05, 3.63) is 24.3 Å². The third kappa shape index (κ3) is 4.09. The lowest BCUT2D eigenvalue weighted by molar-refractivity contribution is -0.361. The van der Waals surface area contributed by atoms with Crippen molar-refractivity contribution in [2.45, 2.75) is 57.2 Å². The summed E-state index contributed by atoms with van der Waals surface area (Å²) < 4.78 is 28.4. The van der Waals surface area contributed by atoms with Gasteiger partial charge in [0.2, 0.25) is 12.2 Å². The lowest BCUT2D eigenvalue weighted by Gasteiger charge is -2.49. The van der Waals surface area contributed by atoms with Crippen molar-refractivity contribution < 1.29 is 33.6 Å². The van der Waals surface area contributed by atoms with Crippen molar-refractivity contribution >= 4 is 5.91 Å². The Hall–Kier alpha value is -1.87. The van der Waals surface area contributed by atoms with E-state index < -0.39 is 36.4 Å². The maximum Gasteiger partial charge on any atom is 0.223 e. The van der Waals surface area contributed by atoms with Gasteiger partial charge in [0.1, 0.15) is 35.9 Å². The van der Waals surface area contributed by atoms with Crippen LogP contribution in [-0.4, -0.2) is 61.2 Å². The maximum atomic E-state index is 11.6. The highest BCUT2D eigenvalue weighted by Gasteiger charge is 2.52. The number of amides is 1. The van der Waals surface area contributed by atoms with Gasteiger partial charge in [-0.25, -0.2) is 0 Å². The molecule has 2 fully saturated rings. The van der Waals surface area contributed by atoms with Crippen LogP contribution in [0.1, 0.15) is 20.8 Å². The third-order valence-corrected chi connectivity index (χ3v) is 4.37. The van der Waals surface area contributed by atoms with Crippen LogP contribution >= 0.6 is 0 Å². The van der Waals surface area contributed by atoms with Crippen molar-refractivity contribution in [3.63, 3.8) is 0 Å². The van der Waals surface area contributed by atoms with Crippen LogP contribution in [0.2, 0.25) is 0 Å². The highest BCUT2D eigenvalue weighted by atomic mass is 16.8. The molecule has 26 heavy (non-hydrogen) atoms. The zero-order valence-electron chi connectivity index (χ0n) is 15.3. The first-order chi connectivity index (χ1) is 12.3. The van der Waals surface area contributed by atoms with E-state index in [-0.39, 0.29) is 12.5 Å². The first-order valence-corrected chi connectivity index (χ1v) is 8.52. The van der Waals surface area contributed by atoms with Gasteiger partial charge in [-0.3, -0.25) is 4.79 Å². The Morgan fingerprint density at radius 3 is 2.54 bits per heavy atom. The Labute approximate surface area is 152 Å². The van der Waals surface area contributed by atoms with Crippen LogP contribution in [0.5, 0.6) is 11.5 Å². The maximum absolute atomic E-state index is 11.6. The zero-order chi connectivity index (χ0) is 18.9. The van der Waals surface area contributed by atoms with E-state index in [1.54, 1.807) is 45.2 Å². The molecule has 1 amide bonds. The molecule has 2 saturated heterocycles. The molecule has 1 aromatic rings. The van der Waals surface area contributed by atoms with Gasteiger partial charge in [0.05, 0.1) is 13.7 Å². The Balaban J connectivity index is 1.79. The van der Waals surface area contributed by atoms with Gasteiger partial charge in [-0.15, -0.1) is 0 Å². The Morgan fingerprint density at radius 2 is 1.92 bits per heavy atom. The average molecular weight is 367 g/mol. The Morgan fingerprint density at radius 1 is 1.27 bits per heavy atom. The number of hydrogen-bond acceptors (Lipinski definition) is 7. The van der Waals surface area contributed by atoms with E-state index in [2.05, 4.69) is 5.32 Å². The molecule has 0 bridgehead atoms. The lowest BCUT2D eigenvalue weighted by atomic mass is 9.95. The SMILES string of the molecule is COc1ccc(O[C@@H]2O[C@@H]3COC(C)(C)O[C@@H]3[C@H](O)[C@@H]2NC(C)=O)cc1. The van der Waals surface area contributed by atoms with E-state index in [1.807, 2.05) is 0 Å². The minimum atomic E-state index is -1.01. The fourth-order valence-corrected chi connectivity index (χ4v) is 3.12. The molecular formula is C18H25NO7. The summed E-state index contributed by atoms with van der Waals surface area (Å²) in [6, 6.07) is 6.16. The van der Waals surface area contributed by atoms with E-state index in [9.17, 15) is 9.90 Å². The van der Waals surface area contributed by atoms with Crippen molar-refractivity contribution in [2.75, 3.05) is 13.7 Å². The smallest absolute Gasteiger partial charge is 0.223 e. The van der Waals surface area contributed by atoms with Crippen LogP contribution in [-0.2, 0) is 19.0 Å². The van der Waals surface area contributed by atoms with Gasteiger partial charge in [0.15, 0.2) is 5.79 Å². The largest absolute Gasteiger partial charge is 0.497 e. The zero-order valence-corrected chi connectivity index (χ0v) is 15.3. The standard InChI is InChI=1S/C18H25NO7/c1-10(20)19-14-15(21)16-13(9-23-18(2,3)26-16)25-17(14)24-12-7-5-11(22-4)6-8-12/h5-8,13-17,21H,9H2,1-4H3,(H,19,20)/t13-,14+,15-,16+,17-/m1/s1. The molecule has 8 nitrogen and oxygen atoms in total. The topological polar surface area (TPSA) is 95.5 Å². The van der Waals surface area contributed by atoms with Gasteiger partial charge in [-0.1, -0.05) is 0 Å². The number of nitrogens with one attached hydrogen (secondary N) is 1. The summed E-state index contributed by atoms with van der Waals surface area (Å²) in [7, 11) is 1.58. The number of hydrogen-bond donors (Lipinski definition) is 2. The van der Waals surface area contributed by atoms with Gasteiger partial charge in [0.25, 0.3) is 0 Å². The second-order valence-corrected chi connectivity index (χ2v) is 6.85. The average Bonchev–Trinajstić information content (AvgIpc) is 2.59. The molecule has 2 heterocycles. The van der Waals surface area contributed by atoms with Crippen molar-refractivity contribution in [1.82, 2.24) is 5.32 Å². The van der Waals surface area contributed by atoms with Gasteiger partial charge in [0, 0.05) is 6.92 Å². The summed E-state index contributed by atoms with van der Waals surface area (Å²) in [6.45, 7) is 5.16. The monoisotopic (exact) mass is 367 g/mol. The quantitative estimate of drug-likeness (QED) is 0.813. The molecule has 0 spiro atoms. The second-order valence-electron chi connectivity index (χ2n) is 6.85. The van der Waals surface area contributed by atoms with Crippen molar-refractivity contribution in [2.24, 2.45) is 0 Å². The van der Waals surface area contributed by atoms with Crippen LogP contribution in [0.25, 0.3) is 0 Å². The number of benzene rings is 1. The molecular weight excluding hydrogens is 342 g/mol. The first kappa shape index (κ1) is 18.9. The second kappa shape index (κ2) is 7.40. The van der Waals surface area contributed by atoms with Gasteiger partial charge >= 0.3 is 0 Å². The number of carbonyl (C=O) groups excluding carboxylic acids is 1. The summed E-state index contributed by atoms with van der Waals surface area (Å²) >= 11 is 0. The van der Waals surface area contributed by atoms with Gasteiger partial charge in [-0.2, -0.15) is 0 Å². The number of rotatable bonds is 4. The van der Waals surface area contributed by atoms with Gasteiger partial charge in [-0.05, 0) is 38.1 Å². The summed E-state index contributed by atoms with van der Waals surface area (Å²) in [5.41, 5.74) is 0. The summed E-state index contributed by atoms with van der Waals surface area (Å²) in [4.78, 5) is 11.6. The van der Waals surface area contributed by atoms with Crippen LogP contribution in [0.4, 0.5) is 0 Å². The van der Waals surface area contributed by atoms with E-state index in [0.29, 0.717) is 11.5 Å². The van der Waals surface area contributed by atoms with Crippen LogP contribution in [0.15, 0.2) is 24.3 Å². The third-order valence-electron chi connectivity index (χ3n) is 4.37. The Kier molecular flexibility index (Phi) is 5.38. The number of aliphatic hydroxyl groups excluding tert-OH is 1. The van der Waals surface area contributed by atoms with E-state index >= 15 is 0 Å². The lowest BCUT2D eigenvalue weighted by Crippen LogP contribution is -2.69. The summed E-state index contributed by atoms with van der Waals surface area (Å²) in [6.07, 6.45) is -3.04. The van der Waals surface area contributed by atoms with Crippen LogP contribution in [0, 0.1) is 0 Å². The number of ether oxygens (including phenoxy) is 5. The van der Waals surface area contributed by atoms with Crippen molar-refractivity contribution in [1.29, 1.82) is 0 Å². The van der Waals surface area contributed by atoms with E-state index in [4.69, 9.17) is 23.7 Å². The predicted molar refractivity (Wildman–Crippen MR) is 90.8 cm³/mol. The highest BCUT2D eigenvalue weighted by molar-refractivity contribution is 5.73. The molecule has 144 valence electrons. The molecule has 2 aliphatic rings. The molecule has 2 N–H and O–H groups in total. The number of fused-ring (bicyclic) bond motifs is 1. The number of carbonyl (C=O) groups is 1. The molecule has 0 unspecified atom stereocenters. The van der Waals surface area contributed by atoms with Crippen molar-refractivity contribution in [3.8, 4) is 11.5 Å². The molecule has 0 saturated carbocycles. The molecule has 2 aliphatic heterocycles. The van der Waals surface area contributed by atoms with E-state index in [0.717, 1.165) is 0 Å². The molecule has 0 radical (unpaired) electrons. The number of methoxy groups -OCH3 is 1. The number of aliphatic hydroxyl groups is 1. The normalized spacial score (nSPS) is 33.0. The Bertz CT molecular complexity index is 633. The minimum Gasteiger partial charge on any atom is -0.497 e. The fraction of sp³-hybridized carbons (Fsp3) is 0.611. The molecule has 8 heteroatoms. The summed E-state index contributed by atoms with van der Waals surface area (Å²) in [5.74, 6) is 0.0768. The van der Waals surface area contributed by atoms with Crippen LogP contribution < -0.4 is 14.8 Å². The molecule has 0 aromatic heterocycles. The molecule has 1 aromatic carbocycles. The minimum absolute atomic E-state index is 0.254. The first-order valence-electron chi connectivity index (χ1n) is 8.52.